The molecule has 0 atom stereocenters. The average molecular weight is 420 g/mol. The van der Waals surface area contributed by atoms with Crippen molar-refractivity contribution in [3.05, 3.63) is 83.3 Å². The van der Waals surface area contributed by atoms with E-state index in [1.54, 1.807) is 6.07 Å². The molecule has 0 bridgehead atoms. The molecule has 2 heterocycles. The zero-order chi connectivity index (χ0) is 20.2. The highest BCUT2D eigenvalue weighted by molar-refractivity contribution is 6.42. The fourth-order valence-electron chi connectivity index (χ4n) is 3.02. The number of halogens is 2. The van der Waals surface area contributed by atoms with Crippen LogP contribution in [0.4, 0.5) is 0 Å². The maximum absolute atomic E-state index is 12.8. The summed E-state index contributed by atoms with van der Waals surface area (Å²) in [7, 11) is 1.44. The van der Waals surface area contributed by atoms with Crippen LogP contribution >= 0.6 is 23.2 Å². The largest absolute Gasteiger partial charge is 0.497 e. The van der Waals surface area contributed by atoms with Gasteiger partial charge >= 0.3 is 11.4 Å². The Kier molecular flexibility index (Phi) is 4.24. The molecule has 0 aliphatic carbocycles. The van der Waals surface area contributed by atoms with Crippen molar-refractivity contribution in [1.82, 2.24) is 13.6 Å². The standard InChI is InChI=1S/C18H11Cl2N3O5/c1-28-10-3-5-14-11(7-10)16(25)23-18(27)21(17(26)22(14)23)8-15(24)9-2-4-12(19)13(20)6-9/h2-7H,8H2,1H3. The van der Waals surface area contributed by atoms with Crippen LogP contribution in [0.1, 0.15) is 10.4 Å². The number of methoxy groups -OCH3 is 1. The first-order valence-corrected chi connectivity index (χ1v) is 8.75. The van der Waals surface area contributed by atoms with Crippen LogP contribution in [-0.4, -0.2) is 26.5 Å². The van der Waals surface area contributed by atoms with Gasteiger partial charge in [-0.15, -0.1) is 0 Å². The van der Waals surface area contributed by atoms with Gasteiger partial charge in [-0.3, -0.25) is 9.59 Å². The smallest absolute Gasteiger partial charge is 0.355 e. The van der Waals surface area contributed by atoms with E-state index in [9.17, 15) is 19.2 Å². The minimum atomic E-state index is -0.904. The summed E-state index contributed by atoms with van der Waals surface area (Å²) in [5.41, 5.74) is -1.94. The molecule has 8 nitrogen and oxygen atoms in total. The summed E-state index contributed by atoms with van der Waals surface area (Å²) < 4.78 is 7.42. The molecule has 2 aromatic carbocycles. The highest BCUT2D eigenvalue weighted by Gasteiger charge is 2.21. The number of benzene rings is 2. The van der Waals surface area contributed by atoms with Gasteiger partial charge in [-0.05, 0) is 36.4 Å². The Bertz CT molecular complexity index is 1430. The highest BCUT2D eigenvalue weighted by Crippen LogP contribution is 2.23. The van der Waals surface area contributed by atoms with E-state index in [0.717, 1.165) is 4.52 Å². The molecule has 0 aliphatic heterocycles. The van der Waals surface area contributed by atoms with Crippen molar-refractivity contribution in [1.29, 1.82) is 0 Å². The van der Waals surface area contributed by atoms with Gasteiger partial charge in [0.25, 0.3) is 5.56 Å². The SMILES string of the molecule is COc1ccc2c(c1)c(=O)n1c(=O)n(CC(=O)c3ccc(Cl)c(Cl)c3)c(=O)n21. The Morgan fingerprint density at radius 1 is 0.964 bits per heavy atom. The summed E-state index contributed by atoms with van der Waals surface area (Å²) >= 11 is 11.7. The quantitative estimate of drug-likeness (QED) is 0.469. The van der Waals surface area contributed by atoms with E-state index in [1.807, 2.05) is 0 Å². The van der Waals surface area contributed by atoms with E-state index in [2.05, 4.69) is 0 Å². The first-order valence-electron chi connectivity index (χ1n) is 7.99. The second kappa shape index (κ2) is 6.50. The number of rotatable bonds is 4. The van der Waals surface area contributed by atoms with Crippen LogP contribution in [0.3, 0.4) is 0 Å². The molecule has 0 fully saturated rings. The minimum absolute atomic E-state index is 0.163. The van der Waals surface area contributed by atoms with E-state index in [4.69, 9.17) is 27.9 Å². The molecule has 10 heteroatoms. The predicted octanol–water partition coefficient (Wildman–Crippen LogP) is 1.71. The number of carbonyl (C=O) groups is 1. The van der Waals surface area contributed by atoms with E-state index in [1.165, 1.54) is 37.4 Å². The van der Waals surface area contributed by atoms with Gasteiger partial charge in [-0.25, -0.2) is 14.2 Å². The van der Waals surface area contributed by atoms with Crippen molar-refractivity contribution < 1.29 is 9.53 Å². The summed E-state index contributed by atoms with van der Waals surface area (Å²) in [6.07, 6.45) is 0. The van der Waals surface area contributed by atoms with Gasteiger partial charge in [0.1, 0.15) is 5.75 Å². The number of hydrogen-bond donors (Lipinski definition) is 0. The first-order chi connectivity index (χ1) is 13.3. The van der Waals surface area contributed by atoms with Crippen LogP contribution in [0.2, 0.25) is 10.0 Å². The Morgan fingerprint density at radius 3 is 2.36 bits per heavy atom. The van der Waals surface area contributed by atoms with Crippen LogP contribution in [0.15, 0.2) is 50.8 Å². The monoisotopic (exact) mass is 419 g/mol. The van der Waals surface area contributed by atoms with Crippen LogP contribution < -0.4 is 21.7 Å². The second-order valence-corrected chi connectivity index (χ2v) is 6.83. The summed E-state index contributed by atoms with van der Waals surface area (Å²) in [6, 6.07) is 8.75. The third-order valence-corrected chi connectivity index (χ3v) is 5.16. The normalized spacial score (nSPS) is 11.4. The van der Waals surface area contributed by atoms with Gasteiger partial charge in [-0.2, -0.15) is 9.03 Å². The summed E-state index contributed by atoms with van der Waals surface area (Å²) in [5, 5.41) is 0.612. The van der Waals surface area contributed by atoms with Crippen molar-refractivity contribution >= 4 is 39.9 Å². The van der Waals surface area contributed by atoms with Crippen molar-refractivity contribution in [3.63, 3.8) is 0 Å². The third kappa shape index (κ3) is 2.61. The maximum Gasteiger partial charge on any atom is 0.355 e. The topological polar surface area (TPSA) is 91.3 Å². The van der Waals surface area contributed by atoms with Crippen LogP contribution in [0, 0.1) is 0 Å². The number of ketones is 1. The number of carbonyl (C=O) groups excluding carboxylic acids is 1. The van der Waals surface area contributed by atoms with Gasteiger partial charge in [0, 0.05) is 5.56 Å². The molecule has 0 saturated heterocycles. The van der Waals surface area contributed by atoms with Crippen LogP contribution in [-0.2, 0) is 6.54 Å². The molecule has 0 spiro atoms. The van der Waals surface area contributed by atoms with E-state index < -0.39 is 29.3 Å². The fraction of sp³-hybridized carbons (Fsp3) is 0.111. The fourth-order valence-corrected chi connectivity index (χ4v) is 3.32. The van der Waals surface area contributed by atoms with Crippen molar-refractivity contribution in [3.8, 4) is 5.75 Å². The molecule has 4 rings (SSSR count). The number of ether oxygens (including phenoxy) is 1. The predicted molar refractivity (Wildman–Crippen MR) is 104 cm³/mol. The van der Waals surface area contributed by atoms with Gasteiger partial charge < -0.3 is 4.74 Å². The molecule has 0 amide bonds. The van der Waals surface area contributed by atoms with Gasteiger partial charge in [0.05, 0.1) is 34.6 Å². The molecule has 2 aromatic heterocycles. The van der Waals surface area contributed by atoms with Crippen LogP contribution in [0.5, 0.6) is 5.75 Å². The lowest BCUT2D eigenvalue weighted by Crippen LogP contribution is -2.33. The summed E-state index contributed by atoms with van der Waals surface area (Å²) in [4.78, 5) is 50.5. The molecule has 0 radical (unpaired) electrons. The van der Waals surface area contributed by atoms with E-state index in [0.29, 0.717) is 14.8 Å². The lowest BCUT2D eigenvalue weighted by Gasteiger charge is -2.02. The Labute approximate surface area is 166 Å². The Balaban J connectivity index is 1.87. The lowest BCUT2D eigenvalue weighted by atomic mass is 10.1. The van der Waals surface area contributed by atoms with Gasteiger partial charge in [0.15, 0.2) is 5.78 Å². The molecule has 142 valence electrons. The molecule has 0 aliphatic rings. The minimum Gasteiger partial charge on any atom is -0.497 e. The molecular formula is C18H11Cl2N3O5. The van der Waals surface area contributed by atoms with Crippen molar-refractivity contribution in [2.75, 3.05) is 7.11 Å². The summed E-state index contributed by atoms with van der Waals surface area (Å²) in [6.45, 7) is -0.540. The molecule has 4 aromatic rings. The molecule has 0 saturated carbocycles. The number of nitrogens with zero attached hydrogens (tertiary/aromatic N) is 3. The number of aromatic nitrogens is 3. The number of Topliss-reactive ketones (excluding diaryl/α,β-unsaturated/α-hetero) is 1. The van der Waals surface area contributed by atoms with Crippen molar-refractivity contribution in [2.24, 2.45) is 0 Å². The van der Waals surface area contributed by atoms with Crippen molar-refractivity contribution in [2.45, 2.75) is 6.54 Å². The Hall–Kier alpha value is -3.10. The number of hydrogen-bond acceptors (Lipinski definition) is 5. The zero-order valence-corrected chi connectivity index (χ0v) is 15.8. The summed E-state index contributed by atoms with van der Waals surface area (Å²) in [5.74, 6) is -0.105. The van der Waals surface area contributed by atoms with E-state index in [-0.39, 0.29) is 26.5 Å². The maximum atomic E-state index is 12.8. The third-order valence-electron chi connectivity index (χ3n) is 4.42. The molecule has 28 heavy (non-hydrogen) atoms. The Morgan fingerprint density at radius 2 is 1.68 bits per heavy atom. The first kappa shape index (κ1) is 18.3. The number of fused-ring (bicyclic) bond motifs is 3. The van der Waals surface area contributed by atoms with Gasteiger partial charge in [-0.1, -0.05) is 23.2 Å². The highest BCUT2D eigenvalue weighted by atomic mass is 35.5. The molecular weight excluding hydrogens is 409 g/mol. The van der Waals surface area contributed by atoms with Gasteiger partial charge in [0.2, 0.25) is 0 Å². The molecule has 0 N–H and O–H groups in total. The lowest BCUT2D eigenvalue weighted by molar-refractivity contribution is 0.0969. The molecule has 0 unspecified atom stereocenters. The zero-order valence-electron chi connectivity index (χ0n) is 14.3. The van der Waals surface area contributed by atoms with Crippen LogP contribution in [0.25, 0.3) is 10.9 Å². The average Bonchev–Trinajstić information content (AvgIpc) is 3.11. The second-order valence-electron chi connectivity index (χ2n) is 6.02. The van der Waals surface area contributed by atoms with E-state index >= 15 is 0 Å².